The highest BCUT2D eigenvalue weighted by Crippen LogP contribution is 2.26. The largest absolute Gasteiger partial charge is 0.310 e. The fraction of sp³-hybridized carbons (Fsp3) is 0.385. The first kappa shape index (κ1) is 9.47. The summed E-state index contributed by atoms with van der Waals surface area (Å²) in [4.78, 5) is 0. The van der Waals surface area contributed by atoms with E-state index in [1.807, 2.05) is 6.08 Å². The molecule has 0 radical (unpaired) electrons. The number of hydrogen-bond acceptors (Lipinski definition) is 1. The summed E-state index contributed by atoms with van der Waals surface area (Å²) in [5, 5.41) is 3.56. The van der Waals surface area contributed by atoms with Gasteiger partial charge in [-0.2, -0.15) is 0 Å². The van der Waals surface area contributed by atoms with E-state index in [4.69, 9.17) is 0 Å². The highest BCUT2D eigenvalue weighted by molar-refractivity contribution is 5.52. The van der Waals surface area contributed by atoms with E-state index in [0.29, 0.717) is 6.04 Å². The summed E-state index contributed by atoms with van der Waals surface area (Å²) in [6.07, 6.45) is 5.85. The Bertz CT molecular complexity index is 311. The molecular formula is C13H17N. The lowest BCUT2D eigenvalue weighted by Gasteiger charge is -2.25. The standard InChI is InChI=1S/C13H17N/c1-2-11-7-3-4-8-12(11)13-9-5-6-10-14-13/h2-4,7-8,13-14H,1,5-6,9-10H2/t13-/m0/s1. The summed E-state index contributed by atoms with van der Waals surface area (Å²) in [6, 6.07) is 9.07. The molecule has 1 aromatic rings. The van der Waals surface area contributed by atoms with Crippen LogP contribution < -0.4 is 5.32 Å². The summed E-state index contributed by atoms with van der Waals surface area (Å²) < 4.78 is 0. The zero-order chi connectivity index (χ0) is 9.80. The highest BCUT2D eigenvalue weighted by Gasteiger charge is 2.15. The van der Waals surface area contributed by atoms with Crippen molar-refractivity contribution in [3.05, 3.63) is 42.0 Å². The molecular weight excluding hydrogens is 170 g/mol. The van der Waals surface area contributed by atoms with Gasteiger partial charge in [-0.3, -0.25) is 0 Å². The minimum atomic E-state index is 0.540. The molecule has 14 heavy (non-hydrogen) atoms. The van der Waals surface area contributed by atoms with Crippen LogP contribution in [0.1, 0.15) is 36.4 Å². The summed E-state index contributed by atoms with van der Waals surface area (Å²) in [7, 11) is 0. The van der Waals surface area contributed by atoms with Crippen LogP contribution in [0.15, 0.2) is 30.8 Å². The van der Waals surface area contributed by atoms with Crippen molar-refractivity contribution in [1.82, 2.24) is 5.32 Å². The molecule has 1 heterocycles. The van der Waals surface area contributed by atoms with E-state index < -0.39 is 0 Å². The van der Waals surface area contributed by atoms with Gasteiger partial charge in [0.2, 0.25) is 0 Å². The van der Waals surface area contributed by atoms with Gasteiger partial charge >= 0.3 is 0 Å². The predicted molar refractivity (Wildman–Crippen MR) is 61.1 cm³/mol. The van der Waals surface area contributed by atoms with E-state index in [-0.39, 0.29) is 0 Å². The molecule has 0 spiro atoms. The van der Waals surface area contributed by atoms with Gasteiger partial charge in [0, 0.05) is 6.04 Å². The van der Waals surface area contributed by atoms with Gasteiger partial charge in [-0.15, -0.1) is 0 Å². The average molecular weight is 187 g/mol. The van der Waals surface area contributed by atoms with Gasteiger partial charge in [0.15, 0.2) is 0 Å². The minimum absolute atomic E-state index is 0.540. The Balaban J connectivity index is 2.24. The van der Waals surface area contributed by atoms with Crippen molar-refractivity contribution in [1.29, 1.82) is 0 Å². The summed E-state index contributed by atoms with van der Waals surface area (Å²) in [6.45, 7) is 5.01. The topological polar surface area (TPSA) is 12.0 Å². The number of nitrogens with one attached hydrogen (secondary N) is 1. The number of hydrogen-bond donors (Lipinski definition) is 1. The Morgan fingerprint density at radius 3 is 2.86 bits per heavy atom. The Kier molecular flexibility index (Phi) is 3.00. The van der Waals surface area contributed by atoms with Crippen LogP contribution in [-0.4, -0.2) is 6.54 Å². The molecule has 1 atom stereocenters. The zero-order valence-electron chi connectivity index (χ0n) is 8.50. The summed E-state index contributed by atoms with van der Waals surface area (Å²) in [5.41, 5.74) is 2.68. The molecule has 1 aromatic carbocycles. The number of rotatable bonds is 2. The van der Waals surface area contributed by atoms with Crippen molar-refractivity contribution < 1.29 is 0 Å². The molecule has 1 aliphatic heterocycles. The molecule has 1 fully saturated rings. The van der Waals surface area contributed by atoms with Gasteiger partial charge in [0.25, 0.3) is 0 Å². The molecule has 0 amide bonds. The summed E-state index contributed by atoms with van der Waals surface area (Å²) >= 11 is 0. The van der Waals surface area contributed by atoms with Gasteiger partial charge in [-0.05, 0) is 30.5 Å². The lowest BCUT2D eigenvalue weighted by Crippen LogP contribution is -2.27. The Hall–Kier alpha value is -1.08. The first-order chi connectivity index (χ1) is 6.92. The van der Waals surface area contributed by atoms with E-state index in [2.05, 4.69) is 36.2 Å². The van der Waals surface area contributed by atoms with Crippen LogP contribution in [-0.2, 0) is 0 Å². The van der Waals surface area contributed by atoms with Gasteiger partial charge in [0.05, 0.1) is 0 Å². The monoisotopic (exact) mass is 187 g/mol. The number of piperidine rings is 1. The van der Waals surface area contributed by atoms with E-state index in [1.54, 1.807) is 0 Å². The van der Waals surface area contributed by atoms with Crippen LogP contribution in [0.4, 0.5) is 0 Å². The Morgan fingerprint density at radius 1 is 1.29 bits per heavy atom. The molecule has 1 saturated heterocycles. The van der Waals surface area contributed by atoms with Gasteiger partial charge in [-0.1, -0.05) is 43.3 Å². The maximum atomic E-state index is 3.86. The minimum Gasteiger partial charge on any atom is -0.310 e. The molecule has 74 valence electrons. The van der Waals surface area contributed by atoms with Gasteiger partial charge in [-0.25, -0.2) is 0 Å². The second kappa shape index (κ2) is 4.43. The first-order valence-electron chi connectivity index (χ1n) is 5.36. The van der Waals surface area contributed by atoms with Crippen LogP contribution >= 0.6 is 0 Å². The first-order valence-corrected chi connectivity index (χ1v) is 5.36. The third-order valence-corrected chi connectivity index (χ3v) is 2.90. The van der Waals surface area contributed by atoms with Crippen molar-refractivity contribution in [2.45, 2.75) is 25.3 Å². The molecule has 0 unspecified atom stereocenters. The lowest BCUT2D eigenvalue weighted by molar-refractivity contribution is 0.412. The molecule has 1 heteroatoms. The van der Waals surface area contributed by atoms with Gasteiger partial charge in [0.1, 0.15) is 0 Å². The SMILES string of the molecule is C=Cc1ccccc1[C@@H]1CCCCN1. The normalized spacial score (nSPS) is 21.9. The van der Waals surface area contributed by atoms with Crippen LogP contribution in [0.2, 0.25) is 0 Å². The fourth-order valence-electron chi connectivity index (χ4n) is 2.13. The lowest BCUT2D eigenvalue weighted by atomic mass is 9.94. The average Bonchev–Trinajstić information content (AvgIpc) is 2.30. The quantitative estimate of drug-likeness (QED) is 0.750. The second-order valence-corrected chi connectivity index (χ2v) is 3.84. The highest BCUT2D eigenvalue weighted by atomic mass is 14.9. The van der Waals surface area contributed by atoms with Crippen LogP contribution in [0.5, 0.6) is 0 Å². The van der Waals surface area contributed by atoms with Crippen LogP contribution in [0.25, 0.3) is 6.08 Å². The molecule has 0 bridgehead atoms. The van der Waals surface area contributed by atoms with Crippen molar-refractivity contribution in [3.8, 4) is 0 Å². The predicted octanol–water partition coefficient (Wildman–Crippen LogP) is 3.14. The van der Waals surface area contributed by atoms with E-state index in [1.165, 1.54) is 30.4 Å². The van der Waals surface area contributed by atoms with Crippen LogP contribution in [0, 0.1) is 0 Å². The second-order valence-electron chi connectivity index (χ2n) is 3.84. The number of benzene rings is 1. The molecule has 0 saturated carbocycles. The Labute approximate surface area is 85.8 Å². The van der Waals surface area contributed by atoms with E-state index >= 15 is 0 Å². The van der Waals surface area contributed by atoms with E-state index in [9.17, 15) is 0 Å². The zero-order valence-corrected chi connectivity index (χ0v) is 8.50. The maximum Gasteiger partial charge on any atom is 0.0326 e. The molecule has 2 rings (SSSR count). The molecule has 0 aliphatic carbocycles. The fourth-order valence-corrected chi connectivity index (χ4v) is 2.13. The third-order valence-electron chi connectivity index (χ3n) is 2.90. The van der Waals surface area contributed by atoms with Crippen molar-refractivity contribution in [2.24, 2.45) is 0 Å². The van der Waals surface area contributed by atoms with Crippen molar-refractivity contribution >= 4 is 6.08 Å². The molecule has 0 aromatic heterocycles. The Morgan fingerprint density at radius 2 is 2.14 bits per heavy atom. The van der Waals surface area contributed by atoms with E-state index in [0.717, 1.165) is 6.54 Å². The maximum absolute atomic E-state index is 3.86. The molecule has 1 aliphatic rings. The van der Waals surface area contributed by atoms with Crippen LogP contribution in [0.3, 0.4) is 0 Å². The molecule has 1 N–H and O–H groups in total. The van der Waals surface area contributed by atoms with Crippen molar-refractivity contribution in [2.75, 3.05) is 6.54 Å². The summed E-state index contributed by atoms with van der Waals surface area (Å²) in [5.74, 6) is 0. The smallest absolute Gasteiger partial charge is 0.0326 e. The van der Waals surface area contributed by atoms with Crippen molar-refractivity contribution in [3.63, 3.8) is 0 Å². The van der Waals surface area contributed by atoms with Gasteiger partial charge < -0.3 is 5.32 Å². The third kappa shape index (κ3) is 1.88. The molecule has 1 nitrogen and oxygen atoms in total.